The molecule has 1 unspecified atom stereocenters. The highest BCUT2D eigenvalue weighted by Gasteiger charge is 2.35. The quantitative estimate of drug-likeness (QED) is 0.387. The van der Waals surface area contributed by atoms with E-state index in [0.29, 0.717) is 28.9 Å². The number of halogens is 1. The predicted octanol–water partition coefficient (Wildman–Crippen LogP) is 6.37. The number of nitrogens with zero attached hydrogens (tertiary/aromatic N) is 3. The second-order valence-electron chi connectivity index (χ2n) is 11.5. The maximum absolute atomic E-state index is 15.0. The summed E-state index contributed by atoms with van der Waals surface area (Å²) in [5.41, 5.74) is 2.57. The predicted molar refractivity (Wildman–Crippen MR) is 142 cm³/mol. The number of carboxylic acid groups (broad SMARTS) is 1. The molecule has 0 radical (unpaired) electrons. The number of unbranched alkanes of at least 4 members (excludes halogenated alkanes) is 1. The van der Waals surface area contributed by atoms with Crippen molar-refractivity contribution in [3.63, 3.8) is 0 Å². The van der Waals surface area contributed by atoms with Crippen molar-refractivity contribution in [2.75, 3.05) is 29.9 Å². The number of carbonyl (C=O) groups is 1. The van der Waals surface area contributed by atoms with Gasteiger partial charge in [-0.2, -0.15) is 0 Å². The van der Waals surface area contributed by atoms with E-state index in [9.17, 15) is 9.90 Å². The molecule has 2 aromatic heterocycles. The summed E-state index contributed by atoms with van der Waals surface area (Å²) in [6.07, 6.45) is 5.96. The molecule has 3 heterocycles. The number of piperidine rings is 1. The molecule has 0 saturated carbocycles. The number of pyridine rings is 2. The number of hydrogen-bond acceptors (Lipinski definition) is 6. The second-order valence-corrected chi connectivity index (χ2v) is 11.5. The van der Waals surface area contributed by atoms with Gasteiger partial charge in [-0.15, -0.1) is 0 Å². The van der Waals surface area contributed by atoms with Crippen LogP contribution in [0.1, 0.15) is 84.6 Å². The van der Waals surface area contributed by atoms with Crippen LogP contribution in [0.5, 0.6) is 0 Å². The van der Waals surface area contributed by atoms with Crippen molar-refractivity contribution in [3.8, 4) is 11.1 Å². The molecular formula is C28H41FN4O3. The van der Waals surface area contributed by atoms with Crippen LogP contribution in [0.3, 0.4) is 0 Å². The lowest BCUT2D eigenvalue weighted by Crippen LogP contribution is -2.39. The molecule has 0 spiro atoms. The maximum atomic E-state index is 15.0. The summed E-state index contributed by atoms with van der Waals surface area (Å²) >= 11 is 0. The van der Waals surface area contributed by atoms with Crippen LogP contribution in [-0.2, 0) is 9.53 Å². The first kappa shape index (κ1) is 27.8. The van der Waals surface area contributed by atoms with Crippen LogP contribution in [0.25, 0.3) is 11.1 Å². The Hall–Kier alpha value is -2.74. The summed E-state index contributed by atoms with van der Waals surface area (Å²) in [5.74, 6) is -1.31. The third-order valence-corrected chi connectivity index (χ3v) is 6.65. The van der Waals surface area contributed by atoms with Crippen molar-refractivity contribution in [1.29, 1.82) is 0 Å². The molecule has 36 heavy (non-hydrogen) atoms. The summed E-state index contributed by atoms with van der Waals surface area (Å²) in [4.78, 5) is 23.6. The maximum Gasteiger partial charge on any atom is 0.337 e. The number of aliphatic carboxylic acids is 1. The Balaban J connectivity index is 2.16. The summed E-state index contributed by atoms with van der Waals surface area (Å²) < 4.78 is 21.1. The minimum absolute atomic E-state index is 0.201. The van der Waals surface area contributed by atoms with Gasteiger partial charge in [0.15, 0.2) is 17.7 Å². The lowest BCUT2D eigenvalue weighted by atomic mass is 9.82. The van der Waals surface area contributed by atoms with E-state index in [1.54, 1.807) is 19.3 Å². The number of ether oxygens (including phenoxy) is 1. The molecule has 0 amide bonds. The molecule has 1 atom stereocenters. The first-order valence-corrected chi connectivity index (χ1v) is 12.9. The SMILES string of the molecule is CCCCNc1ncc(-c2cnc(C)c(C(OC(C)(C)C)C(=O)O)c2N2CCC(C)(C)CC2)cc1F. The van der Waals surface area contributed by atoms with Crippen LogP contribution in [0.4, 0.5) is 15.9 Å². The normalized spacial score (nSPS) is 16.6. The summed E-state index contributed by atoms with van der Waals surface area (Å²) in [6.45, 7) is 16.0. The zero-order valence-corrected chi connectivity index (χ0v) is 22.7. The lowest BCUT2D eigenvalue weighted by molar-refractivity contribution is -0.160. The number of rotatable bonds is 9. The van der Waals surface area contributed by atoms with E-state index in [0.717, 1.165) is 44.5 Å². The largest absolute Gasteiger partial charge is 0.479 e. The average molecular weight is 501 g/mol. The Morgan fingerprint density at radius 1 is 1.25 bits per heavy atom. The minimum Gasteiger partial charge on any atom is -0.479 e. The van der Waals surface area contributed by atoms with Gasteiger partial charge >= 0.3 is 5.97 Å². The van der Waals surface area contributed by atoms with Crippen molar-refractivity contribution in [1.82, 2.24) is 9.97 Å². The van der Waals surface area contributed by atoms with Crippen molar-refractivity contribution in [3.05, 3.63) is 35.5 Å². The molecule has 7 nitrogen and oxygen atoms in total. The fourth-order valence-corrected chi connectivity index (χ4v) is 4.50. The van der Waals surface area contributed by atoms with Gasteiger partial charge < -0.3 is 20.1 Å². The molecule has 2 aromatic rings. The highest BCUT2D eigenvalue weighted by atomic mass is 19.1. The van der Waals surface area contributed by atoms with Crippen LogP contribution in [-0.4, -0.2) is 46.3 Å². The Morgan fingerprint density at radius 3 is 2.47 bits per heavy atom. The van der Waals surface area contributed by atoms with E-state index in [4.69, 9.17) is 4.74 Å². The van der Waals surface area contributed by atoms with Gasteiger partial charge in [-0.25, -0.2) is 14.2 Å². The van der Waals surface area contributed by atoms with Gasteiger partial charge in [0.25, 0.3) is 0 Å². The molecule has 1 aliphatic heterocycles. The molecule has 2 N–H and O–H groups in total. The van der Waals surface area contributed by atoms with Crippen molar-refractivity contribution in [2.24, 2.45) is 5.41 Å². The molecule has 3 rings (SSSR count). The Bertz CT molecular complexity index is 1070. The fourth-order valence-electron chi connectivity index (χ4n) is 4.50. The van der Waals surface area contributed by atoms with Crippen LogP contribution in [0.15, 0.2) is 18.5 Å². The number of hydrogen-bond donors (Lipinski definition) is 2. The molecule has 1 fully saturated rings. The van der Waals surface area contributed by atoms with E-state index in [1.165, 1.54) is 6.07 Å². The number of nitrogens with one attached hydrogen (secondary N) is 1. The molecule has 0 aromatic carbocycles. The van der Waals surface area contributed by atoms with Crippen LogP contribution < -0.4 is 10.2 Å². The first-order valence-electron chi connectivity index (χ1n) is 12.9. The van der Waals surface area contributed by atoms with E-state index >= 15 is 4.39 Å². The molecule has 0 aliphatic carbocycles. The monoisotopic (exact) mass is 500 g/mol. The molecule has 198 valence electrons. The molecule has 1 saturated heterocycles. The summed E-state index contributed by atoms with van der Waals surface area (Å²) in [7, 11) is 0. The van der Waals surface area contributed by atoms with Crippen LogP contribution in [0.2, 0.25) is 0 Å². The lowest BCUT2D eigenvalue weighted by Gasteiger charge is -2.40. The Kier molecular flexibility index (Phi) is 8.59. The van der Waals surface area contributed by atoms with Gasteiger partial charge in [0.1, 0.15) is 0 Å². The van der Waals surface area contributed by atoms with Gasteiger partial charge in [-0.3, -0.25) is 4.98 Å². The third-order valence-electron chi connectivity index (χ3n) is 6.65. The summed E-state index contributed by atoms with van der Waals surface area (Å²) in [5, 5.41) is 13.3. The zero-order valence-electron chi connectivity index (χ0n) is 22.7. The van der Waals surface area contributed by atoms with Crippen LogP contribution in [0, 0.1) is 18.2 Å². The topological polar surface area (TPSA) is 87.6 Å². The van der Waals surface area contributed by atoms with Gasteiger partial charge in [-0.1, -0.05) is 27.2 Å². The fraction of sp³-hybridized carbons (Fsp3) is 0.607. The summed E-state index contributed by atoms with van der Waals surface area (Å²) in [6, 6.07) is 1.45. The van der Waals surface area contributed by atoms with E-state index in [-0.39, 0.29) is 11.2 Å². The molecule has 1 aliphatic rings. The third kappa shape index (κ3) is 6.72. The standard InChI is InChI=1S/C28H41FN4O3/c1-8-9-12-30-25-21(29)15-19(16-32-25)20-17-31-18(2)22(24(26(34)35)36-27(3,4)5)23(20)33-13-10-28(6,7)11-14-33/h15-17,24H,8-14H2,1-7H3,(H,30,32)(H,34,35). The average Bonchev–Trinajstić information content (AvgIpc) is 2.78. The van der Waals surface area contributed by atoms with Gasteiger partial charge in [0.05, 0.1) is 11.3 Å². The Morgan fingerprint density at radius 2 is 1.92 bits per heavy atom. The Labute approximate surface area is 214 Å². The zero-order chi connectivity index (χ0) is 26.7. The number of carboxylic acids is 1. The number of aromatic nitrogens is 2. The molecular weight excluding hydrogens is 459 g/mol. The highest BCUT2D eigenvalue weighted by Crippen LogP contribution is 2.43. The number of anilines is 2. The van der Waals surface area contributed by atoms with Crippen molar-refractivity contribution in [2.45, 2.75) is 85.9 Å². The second kappa shape index (κ2) is 11.1. The highest BCUT2D eigenvalue weighted by molar-refractivity contribution is 5.86. The van der Waals surface area contributed by atoms with Gasteiger partial charge in [-0.05, 0) is 58.4 Å². The van der Waals surface area contributed by atoms with Gasteiger partial charge in [0, 0.05) is 54.4 Å². The van der Waals surface area contributed by atoms with Crippen molar-refractivity contribution < 1.29 is 19.0 Å². The first-order chi connectivity index (χ1) is 16.8. The van der Waals surface area contributed by atoms with Gasteiger partial charge in [0.2, 0.25) is 0 Å². The minimum atomic E-state index is -1.21. The molecule has 0 bridgehead atoms. The van der Waals surface area contributed by atoms with E-state index in [1.807, 2.05) is 20.8 Å². The van der Waals surface area contributed by atoms with Crippen LogP contribution >= 0.6 is 0 Å². The van der Waals surface area contributed by atoms with E-state index in [2.05, 4.69) is 41.0 Å². The smallest absolute Gasteiger partial charge is 0.337 e. The van der Waals surface area contributed by atoms with E-state index < -0.39 is 23.5 Å². The molecule has 8 heteroatoms. The number of aryl methyl sites for hydroxylation is 1. The van der Waals surface area contributed by atoms with Crippen molar-refractivity contribution >= 4 is 17.5 Å².